The molecular formula is C15H15ClN4. The number of H-pyrrole nitrogens is 1. The number of fused-ring (bicyclic) bond motifs is 1. The van der Waals surface area contributed by atoms with Crippen LogP contribution in [0.15, 0.2) is 30.6 Å². The van der Waals surface area contributed by atoms with Gasteiger partial charge in [-0.05, 0) is 37.6 Å². The normalized spacial score (nSPS) is 10.9. The van der Waals surface area contributed by atoms with E-state index in [1.807, 2.05) is 13.0 Å². The highest BCUT2D eigenvalue weighted by Gasteiger charge is 2.10. The summed E-state index contributed by atoms with van der Waals surface area (Å²) in [6.07, 6.45) is 3.36. The lowest BCUT2D eigenvalue weighted by molar-refractivity contribution is 1.25. The molecule has 0 amide bonds. The molecule has 0 aliphatic carbocycles. The third-order valence-corrected chi connectivity index (χ3v) is 3.80. The van der Waals surface area contributed by atoms with Crippen molar-refractivity contribution in [1.82, 2.24) is 9.97 Å². The van der Waals surface area contributed by atoms with Gasteiger partial charge in [0.2, 0.25) is 0 Å². The van der Waals surface area contributed by atoms with Crippen molar-refractivity contribution in [3.63, 3.8) is 0 Å². The van der Waals surface area contributed by atoms with E-state index in [4.69, 9.17) is 17.3 Å². The molecule has 0 aliphatic rings. The fraction of sp³-hybridized carbons (Fsp3) is 0.133. The van der Waals surface area contributed by atoms with Gasteiger partial charge in [-0.1, -0.05) is 11.6 Å². The van der Waals surface area contributed by atoms with Crippen LogP contribution < -0.4 is 11.1 Å². The molecule has 102 valence electrons. The number of aromatic amines is 1. The smallest absolute Gasteiger partial charge is 0.0804 e. The average molecular weight is 287 g/mol. The van der Waals surface area contributed by atoms with E-state index in [1.165, 1.54) is 5.56 Å². The average Bonchev–Trinajstić information content (AvgIpc) is 2.70. The first kappa shape index (κ1) is 12.8. The van der Waals surface area contributed by atoms with Crippen LogP contribution in [0.2, 0.25) is 5.02 Å². The van der Waals surface area contributed by atoms with Crippen molar-refractivity contribution in [2.24, 2.45) is 0 Å². The van der Waals surface area contributed by atoms with Crippen molar-refractivity contribution in [3.8, 4) is 0 Å². The van der Waals surface area contributed by atoms with E-state index in [1.54, 1.807) is 18.5 Å². The van der Waals surface area contributed by atoms with E-state index < -0.39 is 0 Å². The number of nitrogens with one attached hydrogen (secondary N) is 2. The highest BCUT2D eigenvalue weighted by Crippen LogP contribution is 2.33. The monoisotopic (exact) mass is 286 g/mol. The molecule has 1 aromatic carbocycles. The van der Waals surface area contributed by atoms with Crippen LogP contribution in [-0.2, 0) is 0 Å². The van der Waals surface area contributed by atoms with Crippen LogP contribution in [-0.4, -0.2) is 9.97 Å². The minimum Gasteiger partial charge on any atom is -0.397 e. The number of pyridine rings is 1. The summed E-state index contributed by atoms with van der Waals surface area (Å²) in [7, 11) is 0. The number of rotatable bonds is 2. The van der Waals surface area contributed by atoms with Crippen LogP contribution in [0.5, 0.6) is 0 Å². The van der Waals surface area contributed by atoms with Gasteiger partial charge in [0.05, 0.1) is 28.1 Å². The molecule has 0 atom stereocenters. The molecule has 5 heteroatoms. The van der Waals surface area contributed by atoms with E-state index in [0.29, 0.717) is 10.7 Å². The van der Waals surface area contributed by atoms with Crippen molar-refractivity contribution in [2.45, 2.75) is 13.8 Å². The van der Waals surface area contributed by atoms with Crippen molar-refractivity contribution in [2.75, 3.05) is 11.1 Å². The van der Waals surface area contributed by atoms with E-state index in [2.05, 4.69) is 28.3 Å². The van der Waals surface area contributed by atoms with Crippen molar-refractivity contribution < 1.29 is 0 Å². The number of nitrogens with zero attached hydrogens (tertiary/aromatic N) is 1. The number of nitrogen functional groups attached to an aromatic ring is 1. The summed E-state index contributed by atoms with van der Waals surface area (Å²) < 4.78 is 0. The van der Waals surface area contributed by atoms with E-state index in [9.17, 15) is 0 Å². The molecule has 0 bridgehead atoms. The fourth-order valence-corrected chi connectivity index (χ4v) is 2.52. The summed E-state index contributed by atoms with van der Waals surface area (Å²) in [6.45, 7) is 4.12. The number of benzene rings is 1. The van der Waals surface area contributed by atoms with Crippen LogP contribution in [0, 0.1) is 13.8 Å². The molecule has 20 heavy (non-hydrogen) atoms. The number of nitrogens with two attached hydrogens (primary N) is 1. The van der Waals surface area contributed by atoms with Gasteiger partial charge in [0.1, 0.15) is 0 Å². The summed E-state index contributed by atoms with van der Waals surface area (Å²) in [4.78, 5) is 7.37. The Balaban J connectivity index is 2.09. The van der Waals surface area contributed by atoms with Gasteiger partial charge in [0, 0.05) is 23.0 Å². The van der Waals surface area contributed by atoms with Crippen LogP contribution in [0.25, 0.3) is 10.9 Å². The van der Waals surface area contributed by atoms with Gasteiger partial charge in [-0.2, -0.15) is 0 Å². The van der Waals surface area contributed by atoms with Crippen LogP contribution in [0.1, 0.15) is 11.3 Å². The first-order chi connectivity index (χ1) is 9.56. The molecule has 4 nitrogen and oxygen atoms in total. The maximum absolute atomic E-state index is 6.34. The Bertz CT molecular complexity index is 792. The highest BCUT2D eigenvalue weighted by atomic mass is 35.5. The summed E-state index contributed by atoms with van der Waals surface area (Å²) >= 11 is 6.34. The number of hydrogen-bond acceptors (Lipinski definition) is 3. The lowest BCUT2D eigenvalue weighted by atomic mass is 10.1. The van der Waals surface area contributed by atoms with Crippen LogP contribution in [0.4, 0.5) is 17.1 Å². The maximum Gasteiger partial charge on any atom is 0.0804 e. The third kappa shape index (κ3) is 2.08. The minimum absolute atomic E-state index is 0.651. The molecule has 0 fully saturated rings. The third-order valence-electron chi connectivity index (χ3n) is 3.50. The van der Waals surface area contributed by atoms with Gasteiger partial charge in [0.25, 0.3) is 0 Å². The van der Waals surface area contributed by atoms with Gasteiger partial charge in [-0.15, -0.1) is 0 Å². The van der Waals surface area contributed by atoms with Gasteiger partial charge >= 0.3 is 0 Å². The van der Waals surface area contributed by atoms with Crippen LogP contribution in [0.3, 0.4) is 0 Å². The zero-order valence-corrected chi connectivity index (χ0v) is 12.0. The summed E-state index contributed by atoms with van der Waals surface area (Å²) in [6, 6.07) is 5.70. The Morgan fingerprint density at radius 1 is 1.30 bits per heavy atom. The molecule has 0 unspecified atom stereocenters. The summed E-state index contributed by atoms with van der Waals surface area (Å²) in [5, 5.41) is 5.05. The molecule has 0 saturated carbocycles. The lowest BCUT2D eigenvalue weighted by Crippen LogP contribution is -1.96. The Morgan fingerprint density at radius 2 is 2.10 bits per heavy atom. The molecule has 4 N–H and O–H groups in total. The Hall–Kier alpha value is -2.20. The second-order valence-corrected chi connectivity index (χ2v) is 5.25. The van der Waals surface area contributed by atoms with Crippen molar-refractivity contribution in [1.29, 1.82) is 0 Å². The molecule has 2 heterocycles. The molecule has 0 spiro atoms. The number of hydrogen-bond donors (Lipinski definition) is 3. The highest BCUT2D eigenvalue weighted by molar-refractivity contribution is 6.35. The quantitative estimate of drug-likeness (QED) is 0.663. The van der Waals surface area contributed by atoms with E-state index in [-0.39, 0.29) is 0 Å². The van der Waals surface area contributed by atoms with E-state index >= 15 is 0 Å². The molecular weight excluding hydrogens is 272 g/mol. The Labute approximate surface area is 122 Å². The van der Waals surface area contributed by atoms with Gasteiger partial charge < -0.3 is 16.0 Å². The molecule has 0 aliphatic heterocycles. The number of anilines is 3. The summed E-state index contributed by atoms with van der Waals surface area (Å²) in [5.41, 5.74) is 11.5. The number of aryl methyl sites for hydroxylation is 2. The van der Waals surface area contributed by atoms with E-state index in [0.717, 1.165) is 28.0 Å². The predicted octanol–water partition coefficient (Wildman–Crippen LogP) is 4.16. The Morgan fingerprint density at radius 3 is 2.85 bits per heavy atom. The molecule has 2 aromatic heterocycles. The zero-order valence-electron chi connectivity index (χ0n) is 11.3. The molecule has 0 saturated heterocycles. The summed E-state index contributed by atoms with van der Waals surface area (Å²) in [5.74, 6) is 0. The number of halogens is 1. The SMILES string of the molecule is Cc1[nH]c2c(Cl)cc(Nc3cnccc3N)cc2c1C. The van der Waals surface area contributed by atoms with Gasteiger partial charge in [-0.25, -0.2) is 0 Å². The minimum atomic E-state index is 0.651. The molecule has 3 rings (SSSR count). The largest absolute Gasteiger partial charge is 0.397 e. The second-order valence-electron chi connectivity index (χ2n) is 4.84. The molecule has 0 radical (unpaired) electrons. The van der Waals surface area contributed by atoms with Gasteiger partial charge in [-0.3, -0.25) is 4.98 Å². The Kier molecular flexibility index (Phi) is 3.03. The number of aromatic nitrogens is 2. The van der Waals surface area contributed by atoms with Crippen LogP contribution >= 0.6 is 11.6 Å². The standard InChI is InChI=1S/C15H15ClN4/c1-8-9(2)19-15-11(8)5-10(6-12(15)16)20-14-7-18-4-3-13(14)17/h3-7,19-20H,1-2H3,(H2,17,18). The lowest BCUT2D eigenvalue weighted by Gasteiger charge is -2.09. The first-order valence-electron chi connectivity index (χ1n) is 6.31. The predicted molar refractivity (Wildman–Crippen MR) is 84.7 cm³/mol. The maximum atomic E-state index is 6.34. The van der Waals surface area contributed by atoms with Crippen molar-refractivity contribution in [3.05, 3.63) is 46.9 Å². The van der Waals surface area contributed by atoms with Gasteiger partial charge in [0.15, 0.2) is 0 Å². The zero-order chi connectivity index (χ0) is 14.3. The first-order valence-corrected chi connectivity index (χ1v) is 6.69. The topological polar surface area (TPSA) is 66.7 Å². The second kappa shape index (κ2) is 4.72. The fourth-order valence-electron chi connectivity index (χ4n) is 2.25. The van der Waals surface area contributed by atoms with Crippen molar-refractivity contribution >= 4 is 39.6 Å². The molecule has 3 aromatic rings.